The lowest BCUT2D eigenvalue weighted by atomic mass is 9.96. The highest BCUT2D eigenvalue weighted by atomic mass is 16.5. The number of allylic oxidation sites excluding steroid dienone is 1. The van der Waals surface area contributed by atoms with Gasteiger partial charge in [-0.3, -0.25) is 0 Å². The first kappa shape index (κ1) is 20.9. The zero-order valence-corrected chi connectivity index (χ0v) is 17.0. The number of methoxy groups -OCH3 is 2. The zero-order chi connectivity index (χ0) is 21.7. The first-order chi connectivity index (χ1) is 14.5. The van der Waals surface area contributed by atoms with Crippen LogP contribution in [0.4, 0.5) is 0 Å². The molecule has 0 bridgehead atoms. The van der Waals surface area contributed by atoms with E-state index in [1.54, 1.807) is 42.5 Å². The summed E-state index contributed by atoms with van der Waals surface area (Å²) in [5, 5.41) is 30.9. The summed E-state index contributed by atoms with van der Waals surface area (Å²) >= 11 is 0. The van der Waals surface area contributed by atoms with Gasteiger partial charge in [-0.1, -0.05) is 30.4 Å². The van der Waals surface area contributed by atoms with Crippen molar-refractivity contribution in [3.8, 4) is 56.8 Å². The van der Waals surface area contributed by atoms with Crippen LogP contribution in [0.2, 0.25) is 0 Å². The maximum atomic E-state index is 11.0. The second kappa shape index (κ2) is 9.13. The van der Waals surface area contributed by atoms with Gasteiger partial charge in [0.1, 0.15) is 18.1 Å². The highest BCUT2D eigenvalue weighted by molar-refractivity contribution is 5.88. The predicted molar refractivity (Wildman–Crippen MR) is 116 cm³/mol. The Hall–Kier alpha value is -3.80. The SMILES string of the molecule is C/C=C/COc1ccc(-c2c(OC)cc(-c3ccc(O)cc3)c(OC)c2O)cc1O. The van der Waals surface area contributed by atoms with E-state index in [1.165, 1.54) is 20.3 Å². The van der Waals surface area contributed by atoms with Crippen molar-refractivity contribution in [3.05, 3.63) is 60.7 Å². The van der Waals surface area contributed by atoms with Gasteiger partial charge in [-0.25, -0.2) is 0 Å². The molecule has 0 heterocycles. The average Bonchev–Trinajstić information content (AvgIpc) is 2.75. The second-order valence-electron chi connectivity index (χ2n) is 6.49. The minimum absolute atomic E-state index is 0.0555. The molecule has 0 fully saturated rings. The maximum absolute atomic E-state index is 11.0. The number of phenolic OH excluding ortho intramolecular Hbond substituents is 3. The van der Waals surface area contributed by atoms with Gasteiger partial charge in [0.15, 0.2) is 23.0 Å². The molecular formula is C24H24O6. The fourth-order valence-corrected chi connectivity index (χ4v) is 3.16. The quantitative estimate of drug-likeness (QED) is 0.471. The molecule has 0 aromatic heterocycles. The van der Waals surface area contributed by atoms with E-state index in [0.717, 1.165) is 5.56 Å². The van der Waals surface area contributed by atoms with Crippen LogP contribution in [0.1, 0.15) is 6.92 Å². The number of phenols is 3. The summed E-state index contributed by atoms with van der Waals surface area (Å²) in [7, 11) is 2.96. The summed E-state index contributed by atoms with van der Waals surface area (Å²) in [5.74, 6) is 0.949. The van der Waals surface area contributed by atoms with E-state index in [4.69, 9.17) is 14.2 Å². The smallest absolute Gasteiger partial charge is 0.170 e. The Morgan fingerprint density at radius 1 is 0.833 bits per heavy atom. The molecule has 0 spiro atoms. The van der Waals surface area contributed by atoms with E-state index in [9.17, 15) is 15.3 Å². The molecule has 0 radical (unpaired) electrons. The van der Waals surface area contributed by atoms with Gasteiger partial charge in [0, 0.05) is 5.56 Å². The topological polar surface area (TPSA) is 88.4 Å². The number of aromatic hydroxyl groups is 3. The molecule has 6 nitrogen and oxygen atoms in total. The summed E-state index contributed by atoms with van der Waals surface area (Å²) in [5.41, 5.74) is 2.26. The van der Waals surface area contributed by atoms with E-state index in [0.29, 0.717) is 34.8 Å². The van der Waals surface area contributed by atoms with E-state index in [2.05, 4.69) is 0 Å². The molecule has 156 valence electrons. The van der Waals surface area contributed by atoms with Crippen molar-refractivity contribution in [3.63, 3.8) is 0 Å². The van der Waals surface area contributed by atoms with Crippen molar-refractivity contribution in [2.24, 2.45) is 0 Å². The van der Waals surface area contributed by atoms with Crippen LogP contribution < -0.4 is 14.2 Å². The summed E-state index contributed by atoms with van der Waals surface area (Å²) in [4.78, 5) is 0. The third-order valence-electron chi connectivity index (χ3n) is 4.64. The Morgan fingerprint density at radius 2 is 1.53 bits per heavy atom. The van der Waals surface area contributed by atoms with Gasteiger partial charge in [0.05, 0.1) is 19.8 Å². The predicted octanol–water partition coefficient (Wildman–Crippen LogP) is 5.11. The first-order valence-electron chi connectivity index (χ1n) is 9.34. The highest BCUT2D eigenvalue weighted by Gasteiger charge is 2.22. The van der Waals surface area contributed by atoms with E-state index in [-0.39, 0.29) is 23.0 Å². The fourth-order valence-electron chi connectivity index (χ4n) is 3.16. The Balaban J connectivity index is 2.11. The molecule has 3 aromatic rings. The number of ether oxygens (including phenoxy) is 3. The number of rotatable bonds is 7. The van der Waals surface area contributed by atoms with Gasteiger partial charge < -0.3 is 29.5 Å². The lowest BCUT2D eigenvalue weighted by Gasteiger charge is -2.18. The lowest BCUT2D eigenvalue weighted by Crippen LogP contribution is -1.96. The van der Waals surface area contributed by atoms with E-state index in [1.807, 2.05) is 19.1 Å². The summed E-state index contributed by atoms with van der Waals surface area (Å²) < 4.78 is 16.5. The van der Waals surface area contributed by atoms with Crippen molar-refractivity contribution in [2.45, 2.75) is 6.92 Å². The average molecular weight is 408 g/mol. The molecule has 0 saturated heterocycles. The molecular weight excluding hydrogens is 384 g/mol. The van der Waals surface area contributed by atoms with Gasteiger partial charge in [-0.2, -0.15) is 0 Å². The molecule has 0 aliphatic rings. The van der Waals surface area contributed by atoms with Crippen molar-refractivity contribution in [1.29, 1.82) is 0 Å². The molecule has 0 atom stereocenters. The van der Waals surface area contributed by atoms with Crippen LogP contribution in [0.15, 0.2) is 60.7 Å². The largest absolute Gasteiger partial charge is 0.508 e. The molecule has 0 unspecified atom stereocenters. The molecule has 0 aliphatic carbocycles. The molecule has 0 aliphatic heterocycles. The lowest BCUT2D eigenvalue weighted by molar-refractivity contribution is 0.336. The van der Waals surface area contributed by atoms with Gasteiger partial charge in [0.2, 0.25) is 0 Å². The van der Waals surface area contributed by atoms with Crippen molar-refractivity contribution in [2.75, 3.05) is 20.8 Å². The monoisotopic (exact) mass is 408 g/mol. The Bertz CT molecular complexity index is 1050. The van der Waals surface area contributed by atoms with Crippen molar-refractivity contribution >= 4 is 0 Å². The molecule has 0 amide bonds. The van der Waals surface area contributed by atoms with Crippen molar-refractivity contribution < 1.29 is 29.5 Å². The summed E-state index contributed by atoms with van der Waals surface area (Å²) in [6.07, 6.45) is 3.69. The van der Waals surface area contributed by atoms with Crippen LogP contribution in [0.5, 0.6) is 34.5 Å². The molecule has 3 rings (SSSR count). The summed E-state index contributed by atoms with van der Waals surface area (Å²) in [6.45, 7) is 2.23. The first-order valence-corrected chi connectivity index (χ1v) is 9.34. The summed E-state index contributed by atoms with van der Waals surface area (Å²) in [6, 6.07) is 13.1. The van der Waals surface area contributed by atoms with Crippen LogP contribution in [-0.4, -0.2) is 36.1 Å². The Labute approximate surface area is 175 Å². The van der Waals surface area contributed by atoms with Gasteiger partial charge in [-0.05, 0) is 48.4 Å². The van der Waals surface area contributed by atoms with Crippen LogP contribution in [0.25, 0.3) is 22.3 Å². The van der Waals surface area contributed by atoms with Gasteiger partial charge >= 0.3 is 0 Å². The number of benzene rings is 3. The Kier molecular flexibility index (Phi) is 6.37. The minimum Gasteiger partial charge on any atom is -0.508 e. The normalized spacial score (nSPS) is 10.9. The van der Waals surface area contributed by atoms with Gasteiger partial charge in [0.25, 0.3) is 0 Å². The maximum Gasteiger partial charge on any atom is 0.170 e. The van der Waals surface area contributed by atoms with Crippen LogP contribution >= 0.6 is 0 Å². The fraction of sp³-hybridized carbons (Fsp3) is 0.167. The molecule has 3 N–H and O–H groups in total. The van der Waals surface area contributed by atoms with Crippen LogP contribution in [0.3, 0.4) is 0 Å². The van der Waals surface area contributed by atoms with Crippen molar-refractivity contribution in [1.82, 2.24) is 0 Å². The van der Waals surface area contributed by atoms with Crippen LogP contribution in [-0.2, 0) is 0 Å². The zero-order valence-electron chi connectivity index (χ0n) is 17.0. The molecule has 3 aromatic carbocycles. The second-order valence-corrected chi connectivity index (χ2v) is 6.49. The molecule has 30 heavy (non-hydrogen) atoms. The van der Waals surface area contributed by atoms with E-state index < -0.39 is 0 Å². The Morgan fingerprint density at radius 3 is 2.13 bits per heavy atom. The standard InChI is InChI=1S/C24H24O6/c1-4-5-12-30-20-11-8-16(13-19(20)26)22-21(28-2)14-18(24(29-3)23(22)27)15-6-9-17(25)10-7-15/h4-11,13-14,25-27H,12H2,1-3H3/b5-4+. The number of hydrogen-bond donors (Lipinski definition) is 3. The minimum atomic E-state index is -0.123. The molecule has 0 saturated carbocycles. The van der Waals surface area contributed by atoms with E-state index >= 15 is 0 Å². The molecule has 6 heteroatoms. The third kappa shape index (κ3) is 4.12. The number of hydrogen-bond acceptors (Lipinski definition) is 6. The highest BCUT2D eigenvalue weighted by Crippen LogP contribution is 2.50. The van der Waals surface area contributed by atoms with Gasteiger partial charge in [-0.15, -0.1) is 0 Å². The third-order valence-corrected chi connectivity index (χ3v) is 4.64. The van der Waals surface area contributed by atoms with Crippen LogP contribution in [0, 0.1) is 0 Å².